The third-order valence-corrected chi connectivity index (χ3v) is 5.06. The van der Waals surface area contributed by atoms with Crippen molar-refractivity contribution in [3.63, 3.8) is 0 Å². The number of hydrogen-bond acceptors (Lipinski definition) is 6. The van der Waals surface area contributed by atoms with Gasteiger partial charge in [0.1, 0.15) is 10.8 Å². The van der Waals surface area contributed by atoms with Gasteiger partial charge in [0, 0.05) is 0 Å². The summed E-state index contributed by atoms with van der Waals surface area (Å²) in [7, 11) is 0. The fourth-order valence-corrected chi connectivity index (χ4v) is 2.94. The molecule has 8 amide bonds. The van der Waals surface area contributed by atoms with Gasteiger partial charge in [-0.1, -0.05) is 27.7 Å². The van der Waals surface area contributed by atoms with Gasteiger partial charge in [-0.05, 0) is 25.7 Å². The van der Waals surface area contributed by atoms with Gasteiger partial charge in [-0.3, -0.25) is 40.4 Å². The predicted octanol–water partition coefficient (Wildman–Crippen LogP) is -0.331. The molecule has 2 aliphatic rings. The van der Waals surface area contributed by atoms with Crippen LogP contribution in [0.2, 0.25) is 0 Å². The van der Waals surface area contributed by atoms with Crippen molar-refractivity contribution in [1.29, 1.82) is 0 Å². The summed E-state index contributed by atoms with van der Waals surface area (Å²) in [6, 6.07) is -1.46. The van der Waals surface area contributed by atoms with E-state index < -0.39 is 46.5 Å². The van der Waals surface area contributed by atoms with E-state index in [1.54, 1.807) is 27.7 Å². The van der Waals surface area contributed by atoms with Gasteiger partial charge in [-0.25, -0.2) is 9.59 Å². The molecule has 146 valence electrons. The molecular weight excluding hydrogens is 367 g/mol. The van der Waals surface area contributed by atoms with Gasteiger partial charge in [0.25, 0.3) is 0 Å². The number of imide groups is 4. The predicted molar refractivity (Wildman–Crippen MR) is 96.5 cm³/mol. The minimum absolute atomic E-state index is 0. The first-order valence-corrected chi connectivity index (χ1v) is 8.47. The Balaban J connectivity index is 0.000000483. The number of nitrogens with one attached hydrogen (secondary N) is 4. The minimum atomic E-state index is -1.06. The number of rotatable bonds is 4. The first-order chi connectivity index (χ1) is 12.1. The summed E-state index contributed by atoms with van der Waals surface area (Å²) < 4.78 is 0. The normalized spacial score (nSPS) is 20.1. The van der Waals surface area contributed by atoms with Gasteiger partial charge >= 0.3 is 41.6 Å². The van der Waals surface area contributed by atoms with Crippen molar-refractivity contribution in [1.82, 2.24) is 21.3 Å². The first-order valence-electron chi connectivity index (χ1n) is 8.47. The Morgan fingerprint density at radius 1 is 0.519 bits per heavy atom. The Hall–Kier alpha value is -1.78. The van der Waals surface area contributed by atoms with Gasteiger partial charge < -0.3 is 0 Å². The molecule has 0 unspecified atom stereocenters. The van der Waals surface area contributed by atoms with E-state index in [1.807, 2.05) is 0 Å². The number of urea groups is 2. The molecule has 0 aromatic heterocycles. The molecule has 0 spiro atoms. The van der Waals surface area contributed by atoms with Crippen LogP contribution in [0.1, 0.15) is 53.4 Å². The monoisotopic (exact) mass is 392 g/mol. The number of carbonyl (C=O) groups excluding carboxylic acids is 6. The van der Waals surface area contributed by atoms with Gasteiger partial charge in [0.05, 0.1) is 0 Å². The fourth-order valence-electron chi connectivity index (χ4n) is 2.94. The average Bonchev–Trinajstić information content (AvgIpc) is 2.56. The van der Waals surface area contributed by atoms with Crippen molar-refractivity contribution in [3.8, 4) is 0 Å². The second-order valence-corrected chi connectivity index (χ2v) is 6.05. The van der Waals surface area contributed by atoms with Crippen LogP contribution in [0, 0.1) is 10.8 Å². The van der Waals surface area contributed by atoms with E-state index in [0.717, 1.165) is 0 Å². The second-order valence-electron chi connectivity index (χ2n) is 6.05. The summed E-state index contributed by atoms with van der Waals surface area (Å²) in [5.74, 6) is -1.98. The van der Waals surface area contributed by atoms with Crippen LogP contribution in [0.15, 0.2) is 0 Å². The number of barbiturate groups is 2. The molecule has 0 aromatic carbocycles. The van der Waals surface area contributed by atoms with Crippen molar-refractivity contribution < 1.29 is 28.8 Å². The average molecular weight is 392 g/mol. The van der Waals surface area contributed by atoms with Crippen LogP contribution in [0.3, 0.4) is 0 Å². The molecule has 0 saturated carbocycles. The molecule has 2 fully saturated rings. The van der Waals surface area contributed by atoms with Crippen LogP contribution in [0.5, 0.6) is 0 Å². The van der Waals surface area contributed by atoms with Crippen LogP contribution < -0.4 is 21.3 Å². The first kappa shape index (κ1) is 25.2. The summed E-state index contributed by atoms with van der Waals surface area (Å²) >= 11 is 0. The molecule has 0 bridgehead atoms. The molecule has 0 atom stereocenters. The molecule has 2 aliphatic heterocycles. The summed E-state index contributed by atoms with van der Waals surface area (Å²) in [5, 5.41) is 8.37. The maximum absolute atomic E-state index is 11.4. The van der Waals surface area contributed by atoms with E-state index in [0.29, 0.717) is 25.7 Å². The Labute approximate surface area is 179 Å². The SMILES string of the molecule is CCC1(CC)C(=O)NC(=O)NC1=O.CCC1(CC)C(=O)NC(=O)NC1=O.[NaH]. The number of amides is 8. The van der Waals surface area contributed by atoms with Gasteiger partial charge in [0.2, 0.25) is 23.6 Å². The molecule has 2 rings (SSSR count). The number of carbonyl (C=O) groups is 6. The third-order valence-electron chi connectivity index (χ3n) is 5.06. The van der Waals surface area contributed by atoms with Gasteiger partial charge in [-0.15, -0.1) is 0 Å². The van der Waals surface area contributed by atoms with Crippen LogP contribution in [-0.4, -0.2) is 65.2 Å². The Morgan fingerprint density at radius 2 is 0.704 bits per heavy atom. The van der Waals surface area contributed by atoms with Crippen molar-refractivity contribution in [2.75, 3.05) is 0 Å². The molecule has 27 heavy (non-hydrogen) atoms. The molecular formula is C16H25N4NaO6. The van der Waals surface area contributed by atoms with Crippen LogP contribution in [-0.2, 0) is 19.2 Å². The fraction of sp³-hybridized carbons (Fsp3) is 0.625. The molecule has 4 N–H and O–H groups in total. The maximum atomic E-state index is 11.4. The van der Waals surface area contributed by atoms with E-state index >= 15 is 0 Å². The molecule has 2 saturated heterocycles. The zero-order valence-electron chi connectivity index (χ0n) is 15.3. The van der Waals surface area contributed by atoms with E-state index in [-0.39, 0.29) is 29.6 Å². The molecule has 11 heteroatoms. The van der Waals surface area contributed by atoms with E-state index in [9.17, 15) is 28.8 Å². The van der Waals surface area contributed by atoms with Crippen molar-refractivity contribution >= 4 is 65.2 Å². The summed E-state index contributed by atoms with van der Waals surface area (Å²) in [5.41, 5.74) is -2.12. The summed E-state index contributed by atoms with van der Waals surface area (Å²) in [6.45, 7) is 6.99. The van der Waals surface area contributed by atoms with Gasteiger partial charge in [0.15, 0.2) is 0 Å². The Bertz CT molecular complexity index is 555. The van der Waals surface area contributed by atoms with Gasteiger partial charge in [-0.2, -0.15) is 0 Å². The molecule has 0 aromatic rings. The third kappa shape index (κ3) is 4.74. The number of hydrogen-bond donors (Lipinski definition) is 4. The molecule has 0 radical (unpaired) electrons. The quantitative estimate of drug-likeness (QED) is 0.380. The second kappa shape index (κ2) is 9.95. The van der Waals surface area contributed by atoms with Crippen molar-refractivity contribution in [2.45, 2.75) is 53.4 Å². The standard InChI is InChI=1S/2C8H12N2O3.Na.H/c2*1-3-8(4-2)5(11)9-7(13)10-6(8)12;;/h2*3-4H2,1-2H3,(H2,9,10,11,12,13);;. The zero-order valence-corrected chi connectivity index (χ0v) is 15.3. The summed E-state index contributed by atoms with van der Waals surface area (Å²) in [4.78, 5) is 67.1. The van der Waals surface area contributed by atoms with Crippen molar-refractivity contribution in [3.05, 3.63) is 0 Å². The van der Waals surface area contributed by atoms with E-state index in [2.05, 4.69) is 21.3 Å². The van der Waals surface area contributed by atoms with Crippen LogP contribution in [0.4, 0.5) is 9.59 Å². The molecule has 10 nitrogen and oxygen atoms in total. The summed E-state index contributed by atoms with van der Waals surface area (Å²) in [6.07, 6.45) is 1.59. The van der Waals surface area contributed by atoms with E-state index in [4.69, 9.17) is 0 Å². The molecule has 0 aliphatic carbocycles. The molecule has 2 heterocycles. The zero-order chi connectivity index (χ0) is 20.1. The van der Waals surface area contributed by atoms with Crippen LogP contribution >= 0.6 is 0 Å². The Morgan fingerprint density at radius 3 is 0.852 bits per heavy atom. The van der Waals surface area contributed by atoms with Crippen LogP contribution in [0.25, 0.3) is 0 Å². The van der Waals surface area contributed by atoms with E-state index in [1.165, 1.54) is 0 Å². The Kier molecular flexibility index (Phi) is 9.30. The topological polar surface area (TPSA) is 151 Å². The van der Waals surface area contributed by atoms with Crippen molar-refractivity contribution in [2.24, 2.45) is 10.8 Å².